The molecule has 0 fully saturated rings. The minimum atomic E-state index is -0.509. The summed E-state index contributed by atoms with van der Waals surface area (Å²) in [5.41, 5.74) is 5.94. The van der Waals surface area contributed by atoms with Gasteiger partial charge in [0.05, 0.1) is 13.2 Å². The fourth-order valence-corrected chi connectivity index (χ4v) is 5.09. The van der Waals surface area contributed by atoms with Crippen molar-refractivity contribution in [3.05, 3.63) is 123 Å². The van der Waals surface area contributed by atoms with Gasteiger partial charge in [-0.3, -0.25) is 9.69 Å². The molecular weight excluding hydrogens is 500 g/mol. The Balaban J connectivity index is 1.67. The molecule has 0 aliphatic carbocycles. The van der Waals surface area contributed by atoms with E-state index >= 15 is 0 Å². The summed E-state index contributed by atoms with van der Waals surface area (Å²) >= 11 is 0. The van der Waals surface area contributed by atoms with Gasteiger partial charge in [0, 0.05) is 31.3 Å². The van der Waals surface area contributed by atoms with Gasteiger partial charge in [0.25, 0.3) is 5.56 Å². The molecule has 0 unspecified atom stereocenters. The summed E-state index contributed by atoms with van der Waals surface area (Å²) in [5.74, 6) is 1.05. The summed E-state index contributed by atoms with van der Waals surface area (Å²) in [6, 6.07) is 26.5. The summed E-state index contributed by atoms with van der Waals surface area (Å²) in [4.78, 5) is 19.1. The van der Waals surface area contributed by atoms with Crippen LogP contribution in [-0.4, -0.2) is 43.8 Å². The van der Waals surface area contributed by atoms with Crippen LogP contribution in [0.4, 0.5) is 0 Å². The van der Waals surface area contributed by atoms with Crippen LogP contribution in [0.1, 0.15) is 59.4 Å². The minimum Gasteiger partial charge on any atom is -0.383 e. The number of hydrogen-bond donors (Lipinski definition) is 1. The van der Waals surface area contributed by atoms with E-state index < -0.39 is 6.04 Å². The second-order valence-corrected chi connectivity index (χ2v) is 10.6. The van der Waals surface area contributed by atoms with Crippen molar-refractivity contribution in [1.29, 1.82) is 0 Å². The van der Waals surface area contributed by atoms with E-state index in [-0.39, 0.29) is 5.56 Å². The quantitative estimate of drug-likeness (QED) is 0.244. The van der Waals surface area contributed by atoms with Crippen LogP contribution in [0.25, 0.3) is 10.9 Å². The van der Waals surface area contributed by atoms with Crippen LogP contribution in [0.15, 0.2) is 83.7 Å². The van der Waals surface area contributed by atoms with Gasteiger partial charge in [0.1, 0.15) is 6.04 Å². The average Bonchev–Trinajstić information content (AvgIpc) is 3.41. The molecule has 3 aromatic carbocycles. The van der Waals surface area contributed by atoms with E-state index in [4.69, 9.17) is 4.74 Å². The van der Waals surface area contributed by atoms with Crippen LogP contribution in [0.3, 0.4) is 0 Å². The lowest BCUT2D eigenvalue weighted by Crippen LogP contribution is -2.35. The first-order chi connectivity index (χ1) is 19.4. The standard InChI is InChI=1S/C32H36N6O2/c1-22(2)26-13-11-25(12-14-26)21-37(20-24-8-6-5-7-9-24)30(31-34-35-36-38(31)16-17-40-4)28-19-27-18-23(3)10-15-29(27)33-32(28)39/h5-15,18-19,22,30H,16-17,20-21H2,1-4H3,(H,33,39)/t30-/m0/s1. The predicted octanol–water partition coefficient (Wildman–Crippen LogP) is 5.38. The lowest BCUT2D eigenvalue weighted by molar-refractivity contribution is 0.169. The molecule has 1 N–H and O–H groups in total. The highest BCUT2D eigenvalue weighted by atomic mass is 16.5. The number of pyridine rings is 1. The Kier molecular flexibility index (Phi) is 8.48. The van der Waals surface area contributed by atoms with Crippen LogP contribution < -0.4 is 5.56 Å². The maximum atomic E-state index is 13.7. The number of methoxy groups -OCH3 is 1. The molecule has 0 radical (unpaired) electrons. The molecule has 0 spiro atoms. The molecule has 0 saturated carbocycles. The number of aryl methyl sites for hydroxylation is 1. The number of benzene rings is 3. The maximum absolute atomic E-state index is 13.7. The Morgan fingerprint density at radius 2 is 1.68 bits per heavy atom. The minimum absolute atomic E-state index is 0.157. The first kappa shape index (κ1) is 27.4. The van der Waals surface area contributed by atoms with Crippen molar-refractivity contribution in [2.24, 2.45) is 0 Å². The Labute approximate surface area is 234 Å². The molecule has 5 aromatic rings. The van der Waals surface area contributed by atoms with E-state index in [1.807, 2.05) is 36.4 Å². The molecule has 8 heteroatoms. The van der Waals surface area contributed by atoms with Crippen LogP contribution in [0.5, 0.6) is 0 Å². The van der Waals surface area contributed by atoms with Crippen LogP contribution >= 0.6 is 0 Å². The number of rotatable bonds is 11. The third-order valence-electron chi connectivity index (χ3n) is 7.26. The smallest absolute Gasteiger partial charge is 0.253 e. The summed E-state index contributed by atoms with van der Waals surface area (Å²) < 4.78 is 7.08. The van der Waals surface area contributed by atoms with Gasteiger partial charge in [0.2, 0.25) is 0 Å². The zero-order valence-electron chi connectivity index (χ0n) is 23.5. The lowest BCUT2D eigenvalue weighted by atomic mass is 9.99. The molecule has 8 nitrogen and oxygen atoms in total. The largest absolute Gasteiger partial charge is 0.383 e. The van der Waals surface area contributed by atoms with Crippen LogP contribution in [0.2, 0.25) is 0 Å². The molecule has 0 bridgehead atoms. The number of nitrogens with one attached hydrogen (secondary N) is 1. The van der Waals surface area contributed by atoms with Crippen molar-refractivity contribution < 1.29 is 4.74 Å². The van der Waals surface area contributed by atoms with Crippen molar-refractivity contribution in [2.75, 3.05) is 13.7 Å². The molecule has 1 atom stereocenters. The number of hydrogen-bond acceptors (Lipinski definition) is 6. The van der Waals surface area contributed by atoms with Gasteiger partial charge < -0.3 is 9.72 Å². The molecule has 40 heavy (non-hydrogen) atoms. The lowest BCUT2D eigenvalue weighted by Gasteiger charge is -2.31. The number of aromatic amines is 1. The molecule has 0 amide bonds. The van der Waals surface area contributed by atoms with Gasteiger partial charge in [-0.05, 0) is 63.5 Å². The Morgan fingerprint density at radius 3 is 2.38 bits per heavy atom. The highest BCUT2D eigenvalue weighted by Crippen LogP contribution is 2.30. The van der Waals surface area contributed by atoms with Gasteiger partial charge in [-0.2, -0.15) is 0 Å². The molecule has 206 valence electrons. The van der Waals surface area contributed by atoms with E-state index in [9.17, 15) is 4.79 Å². The number of tetrazole rings is 1. The highest BCUT2D eigenvalue weighted by Gasteiger charge is 2.31. The van der Waals surface area contributed by atoms with Gasteiger partial charge in [-0.25, -0.2) is 4.68 Å². The summed E-state index contributed by atoms with van der Waals surface area (Å²) in [6.07, 6.45) is 0. The predicted molar refractivity (Wildman–Crippen MR) is 157 cm³/mol. The molecule has 0 aliphatic heterocycles. The summed E-state index contributed by atoms with van der Waals surface area (Å²) in [6.45, 7) is 8.56. The van der Waals surface area contributed by atoms with E-state index in [1.165, 1.54) is 5.56 Å². The van der Waals surface area contributed by atoms with Gasteiger partial charge >= 0.3 is 0 Å². The van der Waals surface area contributed by atoms with Crippen LogP contribution in [0, 0.1) is 6.92 Å². The third kappa shape index (κ3) is 6.19. The zero-order chi connectivity index (χ0) is 28.1. The average molecular weight is 537 g/mol. The van der Waals surface area contributed by atoms with Crippen molar-refractivity contribution in [1.82, 2.24) is 30.1 Å². The maximum Gasteiger partial charge on any atom is 0.253 e. The third-order valence-corrected chi connectivity index (χ3v) is 7.26. The van der Waals surface area contributed by atoms with Crippen molar-refractivity contribution in [3.8, 4) is 0 Å². The van der Waals surface area contributed by atoms with E-state index in [0.717, 1.165) is 27.6 Å². The first-order valence-electron chi connectivity index (χ1n) is 13.7. The molecule has 0 saturated heterocycles. The van der Waals surface area contributed by atoms with Gasteiger partial charge in [-0.1, -0.05) is 80.1 Å². The molecular formula is C32H36N6O2. The number of ether oxygens (including phenoxy) is 1. The molecule has 5 rings (SSSR count). The van der Waals surface area contributed by atoms with Gasteiger partial charge in [0.15, 0.2) is 5.82 Å². The highest BCUT2D eigenvalue weighted by molar-refractivity contribution is 5.79. The fraction of sp³-hybridized carbons (Fsp3) is 0.312. The first-order valence-corrected chi connectivity index (χ1v) is 13.7. The number of H-pyrrole nitrogens is 1. The molecule has 2 heterocycles. The number of nitrogens with zero attached hydrogens (tertiary/aromatic N) is 5. The summed E-state index contributed by atoms with van der Waals surface area (Å²) in [5, 5.41) is 13.7. The zero-order valence-corrected chi connectivity index (χ0v) is 23.5. The normalized spacial score (nSPS) is 12.4. The van der Waals surface area contributed by atoms with E-state index in [1.54, 1.807) is 11.8 Å². The topological polar surface area (TPSA) is 88.9 Å². The SMILES string of the molecule is COCCn1nnnc1[C@H](c1cc2cc(C)ccc2[nH]c1=O)N(Cc1ccccc1)Cc1ccc(C(C)C)cc1. The van der Waals surface area contributed by atoms with E-state index in [0.29, 0.717) is 43.5 Å². The molecule has 0 aliphatic rings. The fourth-order valence-electron chi connectivity index (χ4n) is 5.09. The van der Waals surface area contributed by atoms with Crippen molar-refractivity contribution >= 4 is 10.9 Å². The Morgan fingerprint density at radius 1 is 0.950 bits per heavy atom. The summed E-state index contributed by atoms with van der Waals surface area (Å²) in [7, 11) is 1.65. The monoisotopic (exact) mass is 536 g/mol. The Bertz CT molecular complexity index is 1610. The Hall–Kier alpha value is -4.14. The van der Waals surface area contributed by atoms with Crippen molar-refractivity contribution in [2.45, 2.75) is 52.4 Å². The second kappa shape index (κ2) is 12.4. The van der Waals surface area contributed by atoms with Crippen LogP contribution in [-0.2, 0) is 24.4 Å². The number of aromatic nitrogens is 5. The van der Waals surface area contributed by atoms with E-state index in [2.05, 4.69) is 88.6 Å². The number of fused-ring (bicyclic) bond motifs is 1. The second-order valence-electron chi connectivity index (χ2n) is 10.6. The van der Waals surface area contributed by atoms with Gasteiger partial charge in [-0.15, -0.1) is 5.10 Å². The van der Waals surface area contributed by atoms with Crippen molar-refractivity contribution in [3.63, 3.8) is 0 Å². The molecule has 2 aromatic heterocycles.